The molecule has 1 saturated heterocycles. The summed E-state index contributed by atoms with van der Waals surface area (Å²) in [5, 5.41) is 3.48. The third-order valence-corrected chi connectivity index (χ3v) is 4.83. The Morgan fingerprint density at radius 2 is 1.64 bits per heavy atom. The van der Waals surface area contributed by atoms with Crippen LogP contribution in [0.1, 0.15) is 28.8 Å². The summed E-state index contributed by atoms with van der Waals surface area (Å²) in [6.45, 7) is 1.33. The molecule has 0 atom stereocenters. The van der Waals surface area contributed by atoms with Gasteiger partial charge in [-0.15, -0.1) is 0 Å². The minimum atomic E-state index is -0.153. The zero-order valence-corrected chi connectivity index (χ0v) is 14.7. The van der Waals surface area contributed by atoms with Crippen LogP contribution in [0.5, 0.6) is 0 Å². The molecule has 5 heteroatoms. The van der Waals surface area contributed by atoms with Gasteiger partial charge in [-0.25, -0.2) is 0 Å². The number of rotatable bonds is 4. The first-order valence-electron chi connectivity index (χ1n) is 8.50. The highest BCUT2D eigenvalue weighted by Crippen LogP contribution is 2.17. The van der Waals surface area contributed by atoms with Gasteiger partial charge in [-0.2, -0.15) is 0 Å². The summed E-state index contributed by atoms with van der Waals surface area (Å²) in [6.07, 6.45) is 1.95. The van der Waals surface area contributed by atoms with E-state index in [0.717, 1.165) is 18.4 Å². The van der Waals surface area contributed by atoms with Crippen LogP contribution < -0.4 is 5.32 Å². The number of hydrogen-bond donors (Lipinski definition) is 1. The van der Waals surface area contributed by atoms with E-state index in [-0.39, 0.29) is 17.9 Å². The van der Waals surface area contributed by atoms with Crippen molar-refractivity contribution in [2.45, 2.75) is 25.3 Å². The number of nitrogens with zero attached hydrogens (tertiary/aromatic N) is 1. The number of nitrogens with one attached hydrogen (secondary N) is 1. The molecular formula is C20H21ClN2O2. The van der Waals surface area contributed by atoms with Crippen LogP contribution in [0.2, 0.25) is 5.02 Å². The minimum Gasteiger partial charge on any atom is -0.349 e. The van der Waals surface area contributed by atoms with Crippen LogP contribution in [0.3, 0.4) is 0 Å². The molecule has 0 aromatic heterocycles. The minimum absolute atomic E-state index is 0.0737. The van der Waals surface area contributed by atoms with Crippen molar-refractivity contribution in [1.29, 1.82) is 0 Å². The Hall–Kier alpha value is -2.33. The second kappa shape index (κ2) is 8.17. The zero-order chi connectivity index (χ0) is 17.6. The first kappa shape index (κ1) is 17.5. The number of benzene rings is 2. The average molecular weight is 357 g/mol. The second-order valence-corrected chi connectivity index (χ2v) is 6.68. The molecule has 25 heavy (non-hydrogen) atoms. The molecule has 0 unspecified atom stereocenters. The van der Waals surface area contributed by atoms with Gasteiger partial charge in [0.25, 0.3) is 5.91 Å². The molecule has 2 aromatic rings. The molecule has 2 amide bonds. The molecule has 130 valence electrons. The summed E-state index contributed by atoms with van der Waals surface area (Å²) < 4.78 is 0. The van der Waals surface area contributed by atoms with Crippen molar-refractivity contribution in [2.75, 3.05) is 13.1 Å². The van der Waals surface area contributed by atoms with Crippen LogP contribution in [-0.2, 0) is 11.2 Å². The molecule has 1 aliphatic heterocycles. The van der Waals surface area contributed by atoms with Crippen LogP contribution in [0, 0.1) is 0 Å². The van der Waals surface area contributed by atoms with Gasteiger partial charge in [-0.3, -0.25) is 9.59 Å². The van der Waals surface area contributed by atoms with Crippen LogP contribution in [0.4, 0.5) is 0 Å². The van der Waals surface area contributed by atoms with Crippen molar-refractivity contribution in [2.24, 2.45) is 0 Å². The number of amides is 2. The lowest BCUT2D eigenvalue weighted by molar-refractivity contribution is -0.131. The Balaban J connectivity index is 1.49. The predicted octanol–water partition coefficient (Wildman–Crippen LogP) is 3.30. The molecular weight excluding hydrogens is 336 g/mol. The van der Waals surface area contributed by atoms with Crippen molar-refractivity contribution in [3.8, 4) is 0 Å². The lowest BCUT2D eigenvalue weighted by Crippen LogP contribution is -2.47. The summed E-state index contributed by atoms with van der Waals surface area (Å²) in [4.78, 5) is 26.6. The Morgan fingerprint density at radius 3 is 2.32 bits per heavy atom. The van der Waals surface area contributed by atoms with Crippen molar-refractivity contribution >= 4 is 23.4 Å². The fraction of sp³-hybridized carbons (Fsp3) is 0.300. The summed E-state index contributed by atoms with van der Waals surface area (Å²) in [5.41, 5.74) is 1.52. The van der Waals surface area contributed by atoms with E-state index in [9.17, 15) is 9.59 Å². The van der Waals surface area contributed by atoms with Crippen molar-refractivity contribution < 1.29 is 9.59 Å². The van der Waals surface area contributed by atoms with E-state index in [1.807, 2.05) is 35.2 Å². The molecule has 3 rings (SSSR count). The number of piperidine rings is 1. The van der Waals surface area contributed by atoms with E-state index in [1.165, 1.54) is 0 Å². The van der Waals surface area contributed by atoms with Gasteiger partial charge in [0.15, 0.2) is 0 Å². The molecule has 4 nitrogen and oxygen atoms in total. The van der Waals surface area contributed by atoms with E-state index in [1.54, 1.807) is 24.3 Å². The van der Waals surface area contributed by atoms with Crippen LogP contribution in [0.25, 0.3) is 0 Å². The molecule has 0 saturated carbocycles. The summed E-state index contributed by atoms with van der Waals surface area (Å²) in [7, 11) is 0. The quantitative estimate of drug-likeness (QED) is 0.913. The van der Waals surface area contributed by atoms with Gasteiger partial charge in [-0.05, 0) is 30.5 Å². The molecule has 0 aliphatic carbocycles. The lowest BCUT2D eigenvalue weighted by atomic mass is 10.0. The SMILES string of the molecule is O=C(NC1CCN(C(=O)Cc2ccccc2)CC1)c1ccccc1Cl. The Bertz CT molecular complexity index is 740. The van der Waals surface area contributed by atoms with E-state index in [2.05, 4.69) is 5.32 Å². The Morgan fingerprint density at radius 1 is 1.00 bits per heavy atom. The van der Waals surface area contributed by atoms with Gasteiger partial charge in [0, 0.05) is 19.1 Å². The molecule has 1 heterocycles. The monoisotopic (exact) mass is 356 g/mol. The summed E-state index contributed by atoms with van der Waals surface area (Å²) in [6, 6.07) is 16.9. The number of likely N-dealkylation sites (tertiary alicyclic amines) is 1. The van der Waals surface area contributed by atoms with Gasteiger partial charge in [0.1, 0.15) is 0 Å². The molecule has 1 N–H and O–H groups in total. The van der Waals surface area contributed by atoms with Crippen LogP contribution in [-0.4, -0.2) is 35.8 Å². The fourth-order valence-corrected chi connectivity index (χ4v) is 3.29. The normalized spacial score (nSPS) is 15.0. The largest absolute Gasteiger partial charge is 0.349 e. The standard InChI is InChI=1S/C20H21ClN2O2/c21-18-9-5-4-8-17(18)20(25)22-16-10-12-23(13-11-16)19(24)14-15-6-2-1-3-7-15/h1-9,16H,10-14H2,(H,22,25). The maximum absolute atomic E-state index is 12.4. The smallest absolute Gasteiger partial charge is 0.253 e. The maximum atomic E-state index is 12.4. The van der Waals surface area contributed by atoms with Crippen molar-refractivity contribution in [3.63, 3.8) is 0 Å². The third kappa shape index (κ3) is 4.60. The number of carbonyl (C=O) groups excluding carboxylic acids is 2. The van der Waals surface area contributed by atoms with E-state index < -0.39 is 0 Å². The molecule has 1 fully saturated rings. The van der Waals surface area contributed by atoms with Crippen molar-refractivity contribution in [1.82, 2.24) is 10.2 Å². The predicted molar refractivity (Wildman–Crippen MR) is 98.7 cm³/mol. The topological polar surface area (TPSA) is 49.4 Å². The fourth-order valence-electron chi connectivity index (χ4n) is 3.06. The zero-order valence-electron chi connectivity index (χ0n) is 14.0. The molecule has 1 aliphatic rings. The average Bonchev–Trinajstić information content (AvgIpc) is 2.63. The third-order valence-electron chi connectivity index (χ3n) is 4.50. The molecule has 2 aromatic carbocycles. The highest BCUT2D eigenvalue weighted by molar-refractivity contribution is 6.33. The summed E-state index contributed by atoms with van der Waals surface area (Å²) >= 11 is 6.06. The highest BCUT2D eigenvalue weighted by Gasteiger charge is 2.24. The van der Waals surface area contributed by atoms with Gasteiger partial charge < -0.3 is 10.2 Å². The van der Waals surface area contributed by atoms with E-state index in [0.29, 0.717) is 30.1 Å². The van der Waals surface area contributed by atoms with Gasteiger partial charge in [0.05, 0.1) is 17.0 Å². The first-order chi connectivity index (χ1) is 12.1. The number of hydrogen-bond acceptors (Lipinski definition) is 2. The lowest BCUT2D eigenvalue weighted by Gasteiger charge is -2.32. The van der Waals surface area contributed by atoms with E-state index >= 15 is 0 Å². The van der Waals surface area contributed by atoms with Gasteiger partial charge in [-0.1, -0.05) is 54.1 Å². The number of halogens is 1. The molecule has 0 radical (unpaired) electrons. The highest BCUT2D eigenvalue weighted by atomic mass is 35.5. The Labute approximate surface area is 152 Å². The summed E-state index contributed by atoms with van der Waals surface area (Å²) in [5.74, 6) is -0.0123. The van der Waals surface area contributed by atoms with Gasteiger partial charge >= 0.3 is 0 Å². The van der Waals surface area contributed by atoms with Crippen molar-refractivity contribution in [3.05, 3.63) is 70.7 Å². The van der Waals surface area contributed by atoms with Crippen LogP contribution in [0.15, 0.2) is 54.6 Å². The second-order valence-electron chi connectivity index (χ2n) is 6.27. The van der Waals surface area contributed by atoms with E-state index in [4.69, 9.17) is 11.6 Å². The number of carbonyl (C=O) groups is 2. The molecule has 0 spiro atoms. The van der Waals surface area contributed by atoms with Gasteiger partial charge in [0.2, 0.25) is 5.91 Å². The Kier molecular flexibility index (Phi) is 5.71. The molecule has 0 bridgehead atoms. The van der Waals surface area contributed by atoms with Crippen LogP contribution >= 0.6 is 11.6 Å². The maximum Gasteiger partial charge on any atom is 0.253 e. The first-order valence-corrected chi connectivity index (χ1v) is 8.88.